The van der Waals surface area contributed by atoms with Crippen molar-refractivity contribution in [3.63, 3.8) is 0 Å². The maximum Gasteiger partial charge on any atom is 0.200 e. The zero-order valence-corrected chi connectivity index (χ0v) is 10.6. The van der Waals surface area contributed by atoms with E-state index in [1.165, 1.54) is 14.2 Å². The van der Waals surface area contributed by atoms with Crippen LogP contribution in [0.15, 0.2) is 12.1 Å². The molecule has 0 saturated heterocycles. The van der Waals surface area contributed by atoms with Gasteiger partial charge in [0.2, 0.25) is 5.75 Å². The highest BCUT2D eigenvalue weighted by Crippen LogP contribution is 2.40. The van der Waals surface area contributed by atoms with Gasteiger partial charge >= 0.3 is 0 Å². The fraction of sp³-hybridized carbons (Fsp3) is 0.500. The van der Waals surface area contributed by atoms with E-state index >= 15 is 0 Å². The van der Waals surface area contributed by atoms with Gasteiger partial charge in [-0.25, -0.2) is 5.90 Å². The van der Waals surface area contributed by atoms with E-state index in [9.17, 15) is 5.11 Å². The Morgan fingerprint density at radius 1 is 1.18 bits per heavy atom. The molecule has 0 unspecified atom stereocenters. The predicted octanol–water partition coefficient (Wildman–Crippen LogP) is 1.58. The third-order valence-electron chi connectivity index (χ3n) is 2.71. The number of hydrogen-bond donors (Lipinski definition) is 2. The van der Waals surface area contributed by atoms with Crippen molar-refractivity contribution in [1.82, 2.24) is 0 Å². The third-order valence-corrected chi connectivity index (χ3v) is 2.71. The maximum absolute atomic E-state index is 9.80. The quantitative estimate of drug-likeness (QED) is 0.765. The van der Waals surface area contributed by atoms with Gasteiger partial charge in [0.1, 0.15) is 0 Å². The third kappa shape index (κ3) is 2.81. The highest BCUT2D eigenvalue weighted by atomic mass is 16.6. The number of aromatic hydroxyl groups is 1. The molecular formula is C12H19NO4. The van der Waals surface area contributed by atoms with E-state index in [-0.39, 0.29) is 11.2 Å². The first kappa shape index (κ1) is 13.6. The summed E-state index contributed by atoms with van der Waals surface area (Å²) in [6.07, 6.45) is 0. The van der Waals surface area contributed by atoms with Crippen LogP contribution < -0.4 is 15.4 Å². The zero-order chi connectivity index (χ0) is 13.1. The first-order chi connectivity index (χ1) is 7.96. The first-order valence-corrected chi connectivity index (χ1v) is 5.23. The molecule has 0 radical (unpaired) electrons. The van der Waals surface area contributed by atoms with Crippen molar-refractivity contribution in [2.75, 3.05) is 20.8 Å². The monoisotopic (exact) mass is 241 g/mol. The lowest BCUT2D eigenvalue weighted by Gasteiger charge is -2.25. The number of phenolic OH excluding ortho intramolecular Hbond substituents is 1. The first-order valence-electron chi connectivity index (χ1n) is 5.23. The molecular weight excluding hydrogens is 222 g/mol. The average molecular weight is 241 g/mol. The lowest BCUT2D eigenvalue weighted by Crippen LogP contribution is -2.26. The summed E-state index contributed by atoms with van der Waals surface area (Å²) in [4.78, 5) is 4.69. The van der Waals surface area contributed by atoms with Crippen molar-refractivity contribution < 1.29 is 19.4 Å². The molecule has 1 aromatic rings. The van der Waals surface area contributed by atoms with Gasteiger partial charge in [-0.05, 0) is 17.7 Å². The minimum absolute atomic E-state index is 0.0109. The van der Waals surface area contributed by atoms with E-state index in [1.807, 2.05) is 13.8 Å². The van der Waals surface area contributed by atoms with Gasteiger partial charge in [-0.15, -0.1) is 0 Å². The van der Waals surface area contributed by atoms with Crippen molar-refractivity contribution in [3.8, 4) is 17.2 Å². The van der Waals surface area contributed by atoms with Gasteiger partial charge in [-0.1, -0.05) is 13.8 Å². The second-order valence-electron chi connectivity index (χ2n) is 4.42. The Kier molecular flexibility index (Phi) is 4.20. The van der Waals surface area contributed by atoms with Crippen LogP contribution >= 0.6 is 0 Å². The zero-order valence-electron chi connectivity index (χ0n) is 10.6. The summed E-state index contributed by atoms with van der Waals surface area (Å²) in [5.41, 5.74) is 0.609. The molecule has 17 heavy (non-hydrogen) atoms. The molecule has 0 aliphatic carbocycles. The summed E-state index contributed by atoms with van der Waals surface area (Å²) >= 11 is 0. The summed E-state index contributed by atoms with van der Waals surface area (Å²) in [5, 5.41) is 9.80. The summed E-state index contributed by atoms with van der Waals surface area (Å²) < 4.78 is 10.2. The van der Waals surface area contributed by atoms with Crippen LogP contribution in [0, 0.1) is 0 Å². The van der Waals surface area contributed by atoms with Crippen LogP contribution in [0.4, 0.5) is 0 Å². The van der Waals surface area contributed by atoms with E-state index in [0.717, 1.165) is 5.56 Å². The Labute approximate surface area is 101 Å². The van der Waals surface area contributed by atoms with E-state index in [2.05, 4.69) is 0 Å². The van der Waals surface area contributed by atoms with Crippen molar-refractivity contribution in [3.05, 3.63) is 17.7 Å². The molecule has 0 aromatic heterocycles. The van der Waals surface area contributed by atoms with Crippen LogP contribution in [0.3, 0.4) is 0 Å². The largest absolute Gasteiger partial charge is 0.502 e. The molecule has 0 aliphatic rings. The Bertz CT molecular complexity index is 365. The van der Waals surface area contributed by atoms with Crippen LogP contribution in [-0.4, -0.2) is 25.9 Å². The molecule has 0 atom stereocenters. The van der Waals surface area contributed by atoms with Crippen molar-refractivity contribution in [2.24, 2.45) is 5.90 Å². The van der Waals surface area contributed by atoms with Crippen molar-refractivity contribution in [1.29, 1.82) is 0 Å². The van der Waals surface area contributed by atoms with Gasteiger partial charge in [-0.3, -0.25) is 0 Å². The molecule has 0 fully saturated rings. The van der Waals surface area contributed by atoms with Crippen LogP contribution in [0.1, 0.15) is 19.4 Å². The maximum atomic E-state index is 9.80. The van der Waals surface area contributed by atoms with E-state index in [1.54, 1.807) is 12.1 Å². The Hall–Kier alpha value is -1.46. The van der Waals surface area contributed by atoms with Crippen LogP contribution in [0.2, 0.25) is 0 Å². The predicted molar refractivity (Wildman–Crippen MR) is 64.4 cm³/mol. The normalized spacial score (nSPS) is 11.4. The van der Waals surface area contributed by atoms with E-state index in [4.69, 9.17) is 20.2 Å². The lowest BCUT2D eigenvalue weighted by molar-refractivity contribution is 0.0962. The Balaban J connectivity index is 3.26. The molecule has 0 bridgehead atoms. The average Bonchev–Trinajstić information content (AvgIpc) is 2.29. The fourth-order valence-corrected chi connectivity index (χ4v) is 1.58. The fourth-order valence-electron chi connectivity index (χ4n) is 1.58. The van der Waals surface area contributed by atoms with Gasteiger partial charge < -0.3 is 19.4 Å². The molecule has 3 N–H and O–H groups in total. The number of methoxy groups -OCH3 is 2. The summed E-state index contributed by atoms with van der Waals surface area (Å²) in [6, 6.07) is 3.49. The number of nitrogens with two attached hydrogens (primary N) is 1. The topological polar surface area (TPSA) is 73.9 Å². The molecule has 5 nitrogen and oxygen atoms in total. The molecule has 0 aliphatic heterocycles. The highest BCUT2D eigenvalue weighted by molar-refractivity contribution is 5.54. The molecule has 0 heterocycles. The summed E-state index contributed by atoms with van der Waals surface area (Å²) in [7, 11) is 2.98. The van der Waals surface area contributed by atoms with E-state index < -0.39 is 0 Å². The summed E-state index contributed by atoms with van der Waals surface area (Å²) in [6.45, 7) is 4.31. The van der Waals surface area contributed by atoms with Crippen molar-refractivity contribution in [2.45, 2.75) is 19.3 Å². The second kappa shape index (κ2) is 5.25. The van der Waals surface area contributed by atoms with Gasteiger partial charge in [-0.2, -0.15) is 0 Å². The van der Waals surface area contributed by atoms with Gasteiger partial charge in [0.05, 0.1) is 20.8 Å². The number of benzene rings is 1. The van der Waals surface area contributed by atoms with Crippen molar-refractivity contribution >= 4 is 0 Å². The standard InChI is InChI=1S/C12H19NO4/c1-12(2,7-17-13)8-5-9(15-3)11(14)10(6-8)16-4/h5-6,14H,7,13H2,1-4H3. The van der Waals surface area contributed by atoms with Crippen LogP contribution in [-0.2, 0) is 10.3 Å². The Morgan fingerprint density at radius 3 is 2.00 bits per heavy atom. The smallest absolute Gasteiger partial charge is 0.200 e. The second-order valence-corrected chi connectivity index (χ2v) is 4.42. The number of ether oxygens (including phenoxy) is 2. The van der Waals surface area contributed by atoms with Gasteiger partial charge in [0, 0.05) is 5.41 Å². The molecule has 0 saturated carbocycles. The minimum atomic E-state index is -0.303. The minimum Gasteiger partial charge on any atom is -0.502 e. The van der Waals surface area contributed by atoms with Crippen LogP contribution in [0.25, 0.3) is 0 Å². The number of phenols is 1. The molecule has 0 spiro atoms. The molecule has 96 valence electrons. The number of hydrogen-bond acceptors (Lipinski definition) is 5. The van der Waals surface area contributed by atoms with Gasteiger partial charge in [0.15, 0.2) is 11.5 Å². The molecule has 0 amide bonds. The summed E-state index contributed by atoms with van der Waals surface area (Å²) in [5.74, 6) is 5.83. The van der Waals surface area contributed by atoms with Crippen LogP contribution in [0.5, 0.6) is 17.2 Å². The molecule has 5 heteroatoms. The van der Waals surface area contributed by atoms with E-state index in [0.29, 0.717) is 18.1 Å². The molecule has 1 rings (SSSR count). The highest BCUT2D eigenvalue weighted by Gasteiger charge is 2.24. The Morgan fingerprint density at radius 2 is 1.65 bits per heavy atom. The lowest BCUT2D eigenvalue weighted by atomic mass is 9.85. The van der Waals surface area contributed by atoms with Gasteiger partial charge in [0.25, 0.3) is 0 Å². The molecule has 1 aromatic carbocycles. The number of rotatable bonds is 5. The SMILES string of the molecule is COc1cc(C(C)(C)CON)cc(OC)c1O.